The van der Waals surface area contributed by atoms with Gasteiger partial charge < -0.3 is 4.74 Å². The Morgan fingerprint density at radius 1 is 0.900 bits per heavy atom. The van der Waals surface area contributed by atoms with Crippen LogP contribution in [0, 0.1) is 13.8 Å². The molecular weight excluding hydrogens is 506 g/mol. The molecule has 0 N–H and O–H groups in total. The van der Waals surface area contributed by atoms with Gasteiger partial charge in [-0.15, -0.1) is 11.3 Å². The van der Waals surface area contributed by atoms with Crippen LogP contribution in [0.25, 0.3) is 43.0 Å². The second-order valence-corrected chi connectivity index (χ2v) is 15.1. The van der Waals surface area contributed by atoms with Gasteiger partial charge in [-0.25, -0.2) is 0 Å². The van der Waals surface area contributed by atoms with Gasteiger partial charge in [0.1, 0.15) is 0 Å². The summed E-state index contributed by atoms with van der Waals surface area (Å²) in [5.74, 6) is 0. The van der Waals surface area contributed by atoms with Crippen molar-refractivity contribution in [3.8, 4) is 11.3 Å². The number of aryl methyl sites for hydroxylation is 4. The predicted octanol–water partition coefficient (Wildman–Crippen LogP) is 9.57. The molecule has 206 valence electrons. The number of methoxy groups -OCH3 is 1. The smallest absolute Gasteiger partial charge is 0.223 e. The molecule has 5 aromatic rings. The minimum atomic E-state index is -0.537. The van der Waals surface area contributed by atoms with E-state index in [2.05, 4.69) is 114 Å². The minimum Gasteiger partial charge on any atom is -0.366 e. The van der Waals surface area contributed by atoms with Crippen LogP contribution < -0.4 is 4.57 Å². The third-order valence-electron chi connectivity index (χ3n) is 10.3. The van der Waals surface area contributed by atoms with Gasteiger partial charge in [-0.2, -0.15) is 4.57 Å². The van der Waals surface area contributed by atoms with E-state index in [4.69, 9.17) is 4.74 Å². The number of fused-ring (bicyclic) bond motifs is 12. The molecular formula is C37H42NOS+. The zero-order chi connectivity index (χ0) is 28.4. The topological polar surface area (TPSA) is 13.1 Å². The van der Waals surface area contributed by atoms with Gasteiger partial charge in [-0.1, -0.05) is 51.1 Å². The summed E-state index contributed by atoms with van der Waals surface area (Å²) in [6.07, 6.45) is 4.96. The van der Waals surface area contributed by atoms with Crippen LogP contribution in [0.15, 0.2) is 42.5 Å². The van der Waals surface area contributed by atoms with E-state index in [9.17, 15) is 0 Å². The monoisotopic (exact) mass is 548 g/mol. The molecule has 2 aromatic heterocycles. The molecule has 7 rings (SSSR count). The van der Waals surface area contributed by atoms with Crippen LogP contribution >= 0.6 is 11.3 Å². The first kappa shape index (κ1) is 26.2. The van der Waals surface area contributed by atoms with Crippen molar-refractivity contribution in [1.82, 2.24) is 0 Å². The standard InChI is InChI=1S/C37H42NOS/c1-21-18-22(2)30-28(19-21)38-33(31-25-16-12-13-17-29(25)40-34(30)31)26-20-27(35(3,4)5)23-14-10-11-15-24(23)32(26)37(8,39-9)36(38,6)7/h10-11,14-15,18-20H,12-13,16-17H2,1-9H3/q+1. The molecule has 3 heteroatoms. The molecule has 2 nitrogen and oxygen atoms in total. The molecule has 0 radical (unpaired) electrons. The van der Waals surface area contributed by atoms with Crippen LogP contribution in [0.3, 0.4) is 0 Å². The lowest BCUT2D eigenvalue weighted by atomic mass is 9.68. The summed E-state index contributed by atoms with van der Waals surface area (Å²) in [4.78, 5) is 1.60. The lowest BCUT2D eigenvalue weighted by molar-refractivity contribution is -0.746. The number of benzene rings is 3. The third kappa shape index (κ3) is 3.22. The quantitative estimate of drug-likeness (QED) is 0.190. The van der Waals surface area contributed by atoms with Crippen LogP contribution in [-0.4, -0.2) is 7.11 Å². The molecule has 0 fully saturated rings. The van der Waals surface area contributed by atoms with Gasteiger partial charge in [-0.3, -0.25) is 0 Å². The van der Waals surface area contributed by atoms with Gasteiger partial charge in [0.05, 0.1) is 21.0 Å². The molecule has 0 saturated carbocycles. The molecule has 3 heterocycles. The summed E-state index contributed by atoms with van der Waals surface area (Å²) in [6, 6.07) is 16.4. The molecule has 0 saturated heterocycles. The van der Waals surface area contributed by atoms with Crippen molar-refractivity contribution in [3.63, 3.8) is 0 Å². The van der Waals surface area contributed by atoms with Gasteiger partial charge in [0.25, 0.3) is 0 Å². The molecule has 0 spiro atoms. The van der Waals surface area contributed by atoms with Crippen LogP contribution in [0.5, 0.6) is 0 Å². The minimum absolute atomic E-state index is 0.00706. The zero-order valence-corrected chi connectivity index (χ0v) is 26.5. The summed E-state index contributed by atoms with van der Waals surface area (Å²) < 4.78 is 10.9. The van der Waals surface area contributed by atoms with Crippen molar-refractivity contribution in [2.45, 2.75) is 97.6 Å². The number of thiophene rings is 1. The SMILES string of the molecule is COC1(C)c2c(cc(C(C)(C)C)c3ccccc23)-c2c3c4c(sc3c3c(C)cc(C)cc3[n+]2C1(C)C)CCCC4. The van der Waals surface area contributed by atoms with E-state index in [0.717, 1.165) is 0 Å². The van der Waals surface area contributed by atoms with E-state index in [-0.39, 0.29) is 11.0 Å². The Morgan fingerprint density at radius 2 is 1.60 bits per heavy atom. The number of hydrogen-bond donors (Lipinski definition) is 0. The zero-order valence-electron chi connectivity index (χ0n) is 25.6. The Morgan fingerprint density at radius 3 is 2.30 bits per heavy atom. The van der Waals surface area contributed by atoms with Gasteiger partial charge in [0.2, 0.25) is 11.2 Å². The van der Waals surface area contributed by atoms with Crippen molar-refractivity contribution in [3.05, 3.63) is 75.2 Å². The number of ether oxygens (including phenoxy) is 1. The van der Waals surface area contributed by atoms with Crippen molar-refractivity contribution in [2.24, 2.45) is 0 Å². The summed E-state index contributed by atoms with van der Waals surface area (Å²) in [5, 5.41) is 5.60. The number of nitrogens with zero attached hydrogens (tertiary/aromatic N) is 1. The number of rotatable bonds is 1. The van der Waals surface area contributed by atoms with E-state index < -0.39 is 5.60 Å². The Kier molecular flexibility index (Phi) is 5.49. The average molecular weight is 549 g/mol. The van der Waals surface area contributed by atoms with Gasteiger partial charge in [0, 0.05) is 37.5 Å². The summed E-state index contributed by atoms with van der Waals surface area (Å²) in [7, 11) is 1.91. The fraction of sp³-hybridized carbons (Fsp3) is 0.432. The van der Waals surface area contributed by atoms with E-state index in [1.165, 1.54) is 91.0 Å². The largest absolute Gasteiger partial charge is 0.366 e. The van der Waals surface area contributed by atoms with Crippen LogP contribution in [-0.2, 0) is 34.1 Å². The highest BCUT2D eigenvalue weighted by Gasteiger charge is 2.59. The van der Waals surface area contributed by atoms with Crippen molar-refractivity contribution in [2.75, 3.05) is 7.11 Å². The lowest BCUT2D eigenvalue weighted by Crippen LogP contribution is -2.67. The second-order valence-electron chi connectivity index (χ2n) is 14.0. The fourth-order valence-electron chi connectivity index (χ4n) is 8.05. The van der Waals surface area contributed by atoms with Crippen LogP contribution in [0.1, 0.15) is 87.1 Å². The highest BCUT2D eigenvalue weighted by atomic mass is 32.1. The highest BCUT2D eigenvalue weighted by molar-refractivity contribution is 7.20. The van der Waals surface area contributed by atoms with E-state index in [1.807, 2.05) is 7.11 Å². The molecule has 40 heavy (non-hydrogen) atoms. The maximum absolute atomic E-state index is 6.71. The molecule has 1 atom stereocenters. The molecule has 0 bridgehead atoms. The second kappa shape index (κ2) is 8.39. The Balaban J connectivity index is 1.83. The number of pyridine rings is 1. The predicted molar refractivity (Wildman–Crippen MR) is 171 cm³/mol. The van der Waals surface area contributed by atoms with Gasteiger partial charge in [-0.05, 0) is 91.0 Å². The summed E-state index contributed by atoms with van der Waals surface area (Å²) in [6.45, 7) is 18.7. The van der Waals surface area contributed by atoms with E-state index >= 15 is 0 Å². The first-order valence-corrected chi connectivity index (χ1v) is 15.8. The first-order chi connectivity index (χ1) is 18.9. The average Bonchev–Trinajstić information content (AvgIpc) is 3.28. The summed E-state index contributed by atoms with van der Waals surface area (Å²) in [5.41, 5.74) is 10.3. The van der Waals surface area contributed by atoms with Crippen LogP contribution in [0.4, 0.5) is 0 Å². The maximum Gasteiger partial charge on any atom is 0.223 e. The first-order valence-electron chi connectivity index (χ1n) is 15.0. The fourth-order valence-corrected chi connectivity index (χ4v) is 9.55. The van der Waals surface area contributed by atoms with Gasteiger partial charge >= 0.3 is 0 Å². The number of aromatic nitrogens is 1. The maximum atomic E-state index is 6.71. The van der Waals surface area contributed by atoms with Gasteiger partial charge in [0.15, 0.2) is 11.1 Å². The molecule has 1 unspecified atom stereocenters. The van der Waals surface area contributed by atoms with Crippen molar-refractivity contribution in [1.29, 1.82) is 0 Å². The van der Waals surface area contributed by atoms with E-state index in [1.54, 1.807) is 10.4 Å². The highest BCUT2D eigenvalue weighted by Crippen LogP contribution is 2.55. The lowest BCUT2D eigenvalue weighted by Gasteiger charge is -2.45. The molecule has 3 aromatic carbocycles. The van der Waals surface area contributed by atoms with E-state index in [0.29, 0.717) is 0 Å². The molecule has 2 aliphatic rings. The van der Waals surface area contributed by atoms with Crippen LogP contribution in [0.2, 0.25) is 0 Å². The molecule has 0 amide bonds. The Labute approximate surface area is 243 Å². The Bertz CT molecular complexity index is 1880. The number of hydrogen-bond acceptors (Lipinski definition) is 2. The normalized spacial score (nSPS) is 20.1. The third-order valence-corrected chi connectivity index (χ3v) is 11.6. The van der Waals surface area contributed by atoms with Crippen molar-refractivity contribution >= 4 is 43.1 Å². The summed E-state index contributed by atoms with van der Waals surface area (Å²) >= 11 is 2.07. The van der Waals surface area contributed by atoms with Crippen molar-refractivity contribution < 1.29 is 9.30 Å². The molecule has 1 aliphatic heterocycles. The molecule has 1 aliphatic carbocycles. The Hall–Kier alpha value is -2.75.